The van der Waals surface area contributed by atoms with Crippen LogP contribution >= 0.6 is 0 Å². The number of H-pyrrole nitrogens is 1. The van der Waals surface area contributed by atoms with Crippen molar-refractivity contribution in [2.45, 2.75) is 19.8 Å². The molecule has 3 rings (SSSR count). The molecule has 0 saturated heterocycles. The van der Waals surface area contributed by atoms with Crippen molar-refractivity contribution in [3.8, 4) is 5.75 Å². The van der Waals surface area contributed by atoms with E-state index in [1.807, 2.05) is 18.2 Å². The average Bonchev–Trinajstić information content (AvgIpc) is 2.97. The van der Waals surface area contributed by atoms with Gasteiger partial charge in [-0.05, 0) is 23.8 Å². The monoisotopic (exact) mass is 345 g/mol. The summed E-state index contributed by atoms with van der Waals surface area (Å²) >= 11 is 0. The van der Waals surface area contributed by atoms with Gasteiger partial charge in [0.25, 0.3) is 6.43 Å². The third kappa shape index (κ3) is 4.12. The Bertz CT molecular complexity index is 893. The number of carbonyl (C=O) groups is 1. The smallest absolute Gasteiger partial charge is 0.265 e. The number of pyridine rings is 1. The van der Waals surface area contributed by atoms with E-state index >= 15 is 0 Å². The SMILES string of the molecule is CC(=O)Nc1c[nH]c2ccc(CCOc3cncc(C(F)F)c3)cc12. The zero-order chi connectivity index (χ0) is 17.8. The van der Waals surface area contributed by atoms with Crippen LogP contribution in [0, 0.1) is 0 Å². The van der Waals surface area contributed by atoms with E-state index in [4.69, 9.17) is 4.74 Å². The number of halogens is 2. The topological polar surface area (TPSA) is 67.0 Å². The minimum Gasteiger partial charge on any atom is -0.492 e. The molecule has 0 unspecified atom stereocenters. The fourth-order valence-corrected chi connectivity index (χ4v) is 2.54. The van der Waals surface area contributed by atoms with Gasteiger partial charge in [-0.3, -0.25) is 9.78 Å². The van der Waals surface area contributed by atoms with E-state index in [9.17, 15) is 13.6 Å². The maximum absolute atomic E-state index is 12.7. The fourth-order valence-electron chi connectivity index (χ4n) is 2.54. The Morgan fingerprint density at radius 3 is 2.92 bits per heavy atom. The van der Waals surface area contributed by atoms with E-state index in [1.165, 1.54) is 19.2 Å². The van der Waals surface area contributed by atoms with E-state index in [0.29, 0.717) is 18.8 Å². The summed E-state index contributed by atoms with van der Waals surface area (Å²) in [5.74, 6) is 0.181. The van der Waals surface area contributed by atoms with E-state index in [1.54, 1.807) is 6.20 Å². The maximum atomic E-state index is 12.7. The summed E-state index contributed by atoms with van der Waals surface area (Å²) in [5, 5.41) is 3.68. The molecule has 25 heavy (non-hydrogen) atoms. The first-order valence-electron chi connectivity index (χ1n) is 7.76. The molecule has 5 nitrogen and oxygen atoms in total. The van der Waals surface area contributed by atoms with Crippen LogP contribution in [0.15, 0.2) is 42.9 Å². The van der Waals surface area contributed by atoms with Crippen molar-refractivity contribution in [1.82, 2.24) is 9.97 Å². The molecule has 0 aliphatic heterocycles. The molecule has 0 radical (unpaired) electrons. The number of nitrogens with one attached hydrogen (secondary N) is 2. The number of fused-ring (bicyclic) bond motifs is 1. The van der Waals surface area contributed by atoms with Gasteiger partial charge in [0.2, 0.25) is 5.91 Å². The molecule has 2 N–H and O–H groups in total. The first-order chi connectivity index (χ1) is 12.0. The number of aromatic amines is 1. The summed E-state index contributed by atoms with van der Waals surface area (Å²) < 4.78 is 30.8. The Morgan fingerprint density at radius 1 is 1.32 bits per heavy atom. The molecule has 2 heterocycles. The Balaban J connectivity index is 1.67. The average molecular weight is 345 g/mol. The molecule has 0 saturated carbocycles. The summed E-state index contributed by atoms with van der Waals surface area (Å²) in [6, 6.07) is 7.14. The van der Waals surface area contributed by atoms with Crippen LogP contribution in [0.4, 0.5) is 14.5 Å². The van der Waals surface area contributed by atoms with Crippen LogP contribution in [0.2, 0.25) is 0 Å². The minimum atomic E-state index is -2.57. The molecule has 1 aromatic carbocycles. The number of rotatable bonds is 6. The van der Waals surface area contributed by atoms with Gasteiger partial charge in [0.1, 0.15) is 5.75 Å². The maximum Gasteiger partial charge on any atom is 0.265 e. The van der Waals surface area contributed by atoms with Crippen molar-refractivity contribution >= 4 is 22.5 Å². The molecule has 0 aliphatic rings. The minimum absolute atomic E-state index is 0.138. The molecule has 0 spiro atoms. The van der Waals surface area contributed by atoms with Crippen molar-refractivity contribution in [3.05, 3.63) is 54.0 Å². The standard InChI is InChI=1S/C18H17F2N3O2/c1-11(24)23-17-10-22-16-3-2-12(6-15(16)17)4-5-25-14-7-13(18(19)20)8-21-9-14/h2-3,6-10,18,22H,4-5H2,1H3,(H,23,24). The number of carbonyl (C=O) groups excluding carboxylic acids is 1. The van der Waals surface area contributed by atoms with Crippen molar-refractivity contribution in [2.75, 3.05) is 11.9 Å². The highest BCUT2D eigenvalue weighted by molar-refractivity contribution is 6.01. The van der Waals surface area contributed by atoms with Gasteiger partial charge in [-0.1, -0.05) is 6.07 Å². The second-order valence-electron chi connectivity index (χ2n) is 5.62. The second kappa shape index (κ2) is 7.29. The van der Waals surface area contributed by atoms with Crippen LogP contribution in [0.1, 0.15) is 24.5 Å². The highest BCUT2D eigenvalue weighted by Crippen LogP contribution is 2.25. The third-order valence-electron chi connectivity index (χ3n) is 3.70. The molecule has 0 fully saturated rings. The second-order valence-corrected chi connectivity index (χ2v) is 5.62. The highest BCUT2D eigenvalue weighted by Gasteiger charge is 2.09. The summed E-state index contributed by atoms with van der Waals surface area (Å²) in [5.41, 5.74) is 2.49. The number of hydrogen-bond donors (Lipinski definition) is 2. The lowest BCUT2D eigenvalue weighted by atomic mass is 10.1. The Kier molecular flexibility index (Phi) is 4.92. The number of ether oxygens (including phenoxy) is 1. The zero-order valence-electron chi connectivity index (χ0n) is 13.6. The number of aromatic nitrogens is 2. The van der Waals surface area contributed by atoms with Crippen LogP contribution in [0.25, 0.3) is 10.9 Å². The van der Waals surface area contributed by atoms with Gasteiger partial charge in [-0.25, -0.2) is 8.78 Å². The highest BCUT2D eigenvalue weighted by atomic mass is 19.3. The number of nitrogens with zero attached hydrogens (tertiary/aromatic N) is 1. The van der Waals surface area contributed by atoms with E-state index < -0.39 is 6.43 Å². The summed E-state index contributed by atoms with van der Waals surface area (Å²) in [7, 11) is 0. The summed E-state index contributed by atoms with van der Waals surface area (Å²) in [4.78, 5) is 18.1. The molecule has 0 aliphatic carbocycles. The number of anilines is 1. The van der Waals surface area contributed by atoms with E-state index in [0.717, 1.165) is 28.4 Å². The third-order valence-corrected chi connectivity index (χ3v) is 3.70. The number of alkyl halides is 2. The quantitative estimate of drug-likeness (QED) is 0.707. The van der Waals surface area contributed by atoms with Gasteiger partial charge in [-0.2, -0.15) is 0 Å². The predicted molar refractivity (Wildman–Crippen MR) is 91.0 cm³/mol. The molecule has 3 aromatic rings. The van der Waals surface area contributed by atoms with Crippen LogP contribution in [-0.4, -0.2) is 22.5 Å². The van der Waals surface area contributed by atoms with Crippen molar-refractivity contribution in [3.63, 3.8) is 0 Å². The van der Waals surface area contributed by atoms with Gasteiger partial charge in [-0.15, -0.1) is 0 Å². The molecule has 0 atom stereocenters. The first kappa shape index (κ1) is 16.9. The van der Waals surface area contributed by atoms with E-state index in [2.05, 4.69) is 15.3 Å². The lowest BCUT2D eigenvalue weighted by Gasteiger charge is -2.08. The first-order valence-corrected chi connectivity index (χ1v) is 7.76. The Hall–Kier alpha value is -2.96. The molecule has 0 bridgehead atoms. The van der Waals surface area contributed by atoms with Gasteiger partial charge >= 0.3 is 0 Å². The van der Waals surface area contributed by atoms with Crippen molar-refractivity contribution in [2.24, 2.45) is 0 Å². The largest absolute Gasteiger partial charge is 0.492 e. The molecule has 130 valence electrons. The number of hydrogen-bond acceptors (Lipinski definition) is 3. The molecular formula is C18H17F2N3O2. The normalized spacial score (nSPS) is 11.0. The predicted octanol–water partition coefficient (Wildman–Crippen LogP) is 4.08. The summed E-state index contributed by atoms with van der Waals surface area (Å²) in [6.07, 6.45) is 2.31. The van der Waals surface area contributed by atoms with Gasteiger partial charge in [0.15, 0.2) is 0 Å². The van der Waals surface area contributed by atoms with Crippen LogP contribution < -0.4 is 10.1 Å². The van der Waals surface area contributed by atoms with Gasteiger partial charge in [0, 0.05) is 42.2 Å². The Morgan fingerprint density at radius 2 is 2.16 bits per heavy atom. The lowest BCUT2D eigenvalue weighted by Crippen LogP contribution is -2.05. The summed E-state index contributed by atoms with van der Waals surface area (Å²) in [6.45, 7) is 1.79. The van der Waals surface area contributed by atoms with Crippen LogP contribution in [-0.2, 0) is 11.2 Å². The molecule has 7 heteroatoms. The van der Waals surface area contributed by atoms with Crippen LogP contribution in [0.5, 0.6) is 5.75 Å². The Labute approximate surface area is 143 Å². The fraction of sp³-hybridized carbons (Fsp3) is 0.222. The molecule has 2 aromatic heterocycles. The molecular weight excluding hydrogens is 328 g/mol. The van der Waals surface area contributed by atoms with E-state index in [-0.39, 0.29) is 11.5 Å². The van der Waals surface area contributed by atoms with Gasteiger partial charge in [0.05, 0.1) is 18.5 Å². The van der Waals surface area contributed by atoms with Crippen molar-refractivity contribution < 1.29 is 18.3 Å². The van der Waals surface area contributed by atoms with Crippen LogP contribution in [0.3, 0.4) is 0 Å². The lowest BCUT2D eigenvalue weighted by molar-refractivity contribution is -0.114. The zero-order valence-corrected chi connectivity index (χ0v) is 13.6. The number of amides is 1. The van der Waals surface area contributed by atoms with Gasteiger partial charge < -0.3 is 15.0 Å². The number of benzene rings is 1. The molecule has 1 amide bonds. The van der Waals surface area contributed by atoms with Crippen molar-refractivity contribution in [1.29, 1.82) is 0 Å².